The van der Waals surface area contributed by atoms with Gasteiger partial charge in [-0.3, -0.25) is 0 Å². The smallest absolute Gasteiger partial charge is 0.0226 e. The normalized spacial score (nSPS) is 19.4. The van der Waals surface area contributed by atoms with E-state index in [2.05, 4.69) is 34.6 Å². The first-order valence-corrected chi connectivity index (χ1v) is 3.75. The topological polar surface area (TPSA) is 0 Å². The van der Waals surface area contributed by atoms with Gasteiger partial charge < -0.3 is 0 Å². The van der Waals surface area contributed by atoms with Crippen molar-refractivity contribution in [3.8, 4) is 0 Å². The van der Waals surface area contributed by atoms with Crippen molar-refractivity contribution in [2.24, 2.45) is 0 Å². The second-order valence-corrected chi connectivity index (χ2v) is 3.12. The number of hydrogen-bond donors (Lipinski definition) is 0. The molecule has 11 heavy (non-hydrogen) atoms. The first kappa shape index (κ1) is 11.1. The van der Waals surface area contributed by atoms with Crippen molar-refractivity contribution in [2.45, 2.75) is 34.6 Å². The second kappa shape index (κ2) is 3.65. The summed E-state index contributed by atoms with van der Waals surface area (Å²) in [6, 6.07) is 0. The van der Waals surface area contributed by atoms with Crippen molar-refractivity contribution < 1.29 is 0 Å². The zero-order chi connectivity index (χ0) is 7.89. The van der Waals surface area contributed by atoms with Gasteiger partial charge in [-0.2, -0.15) is 0 Å². The first-order chi connectivity index (χ1) is 4.55. The summed E-state index contributed by atoms with van der Waals surface area (Å²) < 4.78 is 0. The van der Waals surface area contributed by atoms with E-state index in [4.69, 9.17) is 0 Å². The average molecular weight is 142 g/mol. The molecule has 0 aromatic heterocycles. The molecule has 0 nitrogen and oxygen atoms in total. The van der Waals surface area contributed by atoms with Crippen molar-refractivity contribution >= 4 is 18.9 Å². The van der Waals surface area contributed by atoms with E-state index in [0.717, 1.165) is 0 Å². The Morgan fingerprint density at radius 2 is 0.818 bits per heavy atom. The van der Waals surface area contributed by atoms with Crippen LogP contribution in [0.3, 0.4) is 0 Å². The zero-order valence-corrected chi connectivity index (χ0v) is 8.50. The molecule has 1 heteroatoms. The van der Waals surface area contributed by atoms with Crippen molar-refractivity contribution in [3.05, 3.63) is 28.2 Å². The van der Waals surface area contributed by atoms with E-state index in [1.165, 1.54) is 28.2 Å². The van der Waals surface area contributed by atoms with Gasteiger partial charge in [-0.15, -0.1) is 0 Å². The number of rotatable bonds is 0. The van der Waals surface area contributed by atoms with Crippen LogP contribution in [0.25, 0.3) is 0 Å². The fourth-order valence-electron chi connectivity index (χ4n) is 1.41. The van der Waals surface area contributed by atoms with Gasteiger partial charge in [0, 0.05) is 24.8 Å². The molecule has 1 aliphatic carbocycles. The molecule has 0 aliphatic heterocycles. The molecule has 0 amide bonds. The van der Waals surface area contributed by atoms with Crippen LogP contribution < -0.4 is 0 Å². The Bertz CT molecular complexity index is 197. The van der Waals surface area contributed by atoms with Crippen LogP contribution in [0, 0.1) is 5.92 Å². The maximum atomic E-state index is 2.20. The third kappa shape index (κ3) is 1.63. The SMILES string of the molecule is C[C]1C(C)=C(C)C(C)=C1C.[Li]. The van der Waals surface area contributed by atoms with Gasteiger partial charge in [0.05, 0.1) is 0 Å². The molecule has 0 fully saturated rings. The van der Waals surface area contributed by atoms with Gasteiger partial charge >= 0.3 is 0 Å². The van der Waals surface area contributed by atoms with Gasteiger partial charge in [0.25, 0.3) is 0 Å². The Balaban J connectivity index is 0.000001000. The van der Waals surface area contributed by atoms with E-state index in [9.17, 15) is 0 Å². The third-order valence-electron chi connectivity index (χ3n) is 2.81. The van der Waals surface area contributed by atoms with Gasteiger partial charge in [0.2, 0.25) is 0 Å². The summed E-state index contributed by atoms with van der Waals surface area (Å²) in [7, 11) is 0. The molecule has 0 saturated heterocycles. The molecular formula is C10H15Li. The van der Waals surface area contributed by atoms with Crippen LogP contribution in [0.1, 0.15) is 34.6 Å². The van der Waals surface area contributed by atoms with Crippen LogP contribution in [0.2, 0.25) is 0 Å². The van der Waals surface area contributed by atoms with Gasteiger partial charge in [-0.05, 0) is 38.8 Å². The minimum atomic E-state index is 0. The van der Waals surface area contributed by atoms with Gasteiger partial charge in [0.1, 0.15) is 0 Å². The Labute approximate surface area is 81.9 Å². The maximum Gasteiger partial charge on any atom is 0.0226 e. The minimum absolute atomic E-state index is 0. The third-order valence-corrected chi connectivity index (χ3v) is 2.81. The molecule has 0 N–H and O–H groups in total. The van der Waals surface area contributed by atoms with E-state index >= 15 is 0 Å². The maximum absolute atomic E-state index is 2.20. The fraction of sp³-hybridized carbons (Fsp3) is 0.500. The molecule has 0 bridgehead atoms. The van der Waals surface area contributed by atoms with Crippen LogP contribution in [0.5, 0.6) is 0 Å². The molecule has 0 unspecified atom stereocenters. The van der Waals surface area contributed by atoms with Gasteiger partial charge in [0.15, 0.2) is 0 Å². The minimum Gasteiger partial charge on any atom is -0.0589 e. The summed E-state index contributed by atoms with van der Waals surface area (Å²) in [5, 5.41) is 0. The summed E-state index contributed by atoms with van der Waals surface area (Å²) in [5.41, 5.74) is 5.87. The van der Waals surface area contributed by atoms with Crippen LogP contribution in [0.4, 0.5) is 0 Å². The predicted molar refractivity (Wildman–Crippen MR) is 51.4 cm³/mol. The van der Waals surface area contributed by atoms with Crippen LogP contribution in [0.15, 0.2) is 22.3 Å². The van der Waals surface area contributed by atoms with E-state index in [1.807, 2.05) is 0 Å². The average Bonchev–Trinajstić information content (AvgIpc) is 2.07. The Morgan fingerprint density at radius 3 is 0.909 bits per heavy atom. The Morgan fingerprint density at radius 1 is 0.545 bits per heavy atom. The van der Waals surface area contributed by atoms with E-state index in [-0.39, 0.29) is 18.9 Å². The van der Waals surface area contributed by atoms with Crippen molar-refractivity contribution in [1.82, 2.24) is 0 Å². The summed E-state index contributed by atoms with van der Waals surface area (Å²) >= 11 is 0. The largest absolute Gasteiger partial charge is 0.0589 e. The summed E-state index contributed by atoms with van der Waals surface area (Å²) in [5.74, 6) is 1.47. The van der Waals surface area contributed by atoms with Gasteiger partial charge in [-0.1, -0.05) is 18.1 Å². The number of hydrogen-bond acceptors (Lipinski definition) is 0. The van der Waals surface area contributed by atoms with Crippen LogP contribution >= 0.6 is 0 Å². The summed E-state index contributed by atoms with van der Waals surface area (Å²) in [6.07, 6.45) is 0. The Kier molecular flexibility index (Phi) is 3.68. The van der Waals surface area contributed by atoms with Crippen molar-refractivity contribution in [2.75, 3.05) is 0 Å². The molecule has 0 heterocycles. The fourth-order valence-corrected chi connectivity index (χ4v) is 1.41. The quantitative estimate of drug-likeness (QED) is 0.456. The standard InChI is InChI=1S/C10H15.Li/c1-6-7(2)9(4)10(5)8(6)3;/h1-5H3;. The summed E-state index contributed by atoms with van der Waals surface area (Å²) in [4.78, 5) is 0. The van der Waals surface area contributed by atoms with Gasteiger partial charge in [-0.25, -0.2) is 0 Å². The molecule has 0 spiro atoms. The molecule has 0 atom stereocenters. The molecule has 0 aromatic carbocycles. The van der Waals surface area contributed by atoms with Crippen LogP contribution in [-0.4, -0.2) is 18.9 Å². The second-order valence-electron chi connectivity index (χ2n) is 3.12. The first-order valence-electron chi connectivity index (χ1n) is 3.75. The molecule has 2 radical (unpaired) electrons. The van der Waals surface area contributed by atoms with E-state index < -0.39 is 0 Å². The zero-order valence-electron chi connectivity index (χ0n) is 8.50. The molecule has 0 saturated carbocycles. The summed E-state index contributed by atoms with van der Waals surface area (Å²) in [6.45, 7) is 11.0. The number of allylic oxidation sites excluding steroid dienone is 4. The monoisotopic (exact) mass is 142 g/mol. The molecule has 1 aliphatic rings. The van der Waals surface area contributed by atoms with Crippen molar-refractivity contribution in [1.29, 1.82) is 0 Å². The molecule has 1 rings (SSSR count). The molecule has 0 aromatic rings. The molecular weight excluding hydrogens is 127 g/mol. The predicted octanol–water partition coefficient (Wildman–Crippen LogP) is 2.89. The van der Waals surface area contributed by atoms with Crippen LogP contribution in [-0.2, 0) is 0 Å². The van der Waals surface area contributed by atoms with Crippen molar-refractivity contribution in [3.63, 3.8) is 0 Å². The Hall–Kier alpha value is 0.0774. The van der Waals surface area contributed by atoms with E-state index in [1.54, 1.807) is 0 Å². The molecule has 56 valence electrons. The van der Waals surface area contributed by atoms with E-state index in [0.29, 0.717) is 0 Å².